The maximum absolute atomic E-state index is 6.03. The molecule has 0 aliphatic rings. The van der Waals surface area contributed by atoms with Gasteiger partial charge < -0.3 is 10.3 Å². The number of nitrogens with two attached hydrogens (primary N) is 1. The monoisotopic (exact) mass is 251 g/mol. The van der Waals surface area contributed by atoms with Gasteiger partial charge in [-0.3, -0.25) is 0 Å². The quantitative estimate of drug-likeness (QED) is 0.759. The highest BCUT2D eigenvalue weighted by molar-refractivity contribution is 5.79. The maximum Gasteiger partial charge on any atom is 0.201 e. The first kappa shape index (κ1) is 11.8. The third-order valence-electron chi connectivity index (χ3n) is 3.39. The Morgan fingerprint density at radius 3 is 2.42 bits per heavy atom. The second kappa shape index (κ2) is 4.43. The number of fused-ring (bicyclic) bond motifs is 1. The zero-order chi connectivity index (χ0) is 13.4. The fourth-order valence-corrected chi connectivity index (χ4v) is 2.30. The maximum atomic E-state index is 6.03. The molecule has 0 radical (unpaired) electrons. The topological polar surface area (TPSA) is 43.8 Å². The fourth-order valence-electron chi connectivity index (χ4n) is 2.30. The first-order valence-electron chi connectivity index (χ1n) is 6.41. The number of hydrogen-bond donors (Lipinski definition) is 1. The highest BCUT2D eigenvalue weighted by atomic mass is 15.1. The van der Waals surface area contributed by atoms with Crippen LogP contribution < -0.4 is 5.73 Å². The van der Waals surface area contributed by atoms with Crippen LogP contribution in [0.2, 0.25) is 0 Å². The molecular formula is C16H17N3. The van der Waals surface area contributed by atoms with Crippen molar-refractivity contribution in [2.75, 3.05) is 5.73 Å². The highest BCUT2D eigenvalue weighted by Crippen LogP contribution is 2.20. The smallest absolute Gasteiger partial charge is 0.201 e. The van der Waals surface area contributed by atoms with Crippen molar-refractivity contribution in [3.63, 3.8) is 0 Å². The molecule has 19 heavy (non-hydrogen) atoms. The Morgan fingerprint density at radius 2 is 1.68 bits per heavy atom. The predicted molar refractivity (Wildman–Crippen MR) is 79.2 cm³/mol. The lowest BCUT2D eigenvalue weighted by molar-refractivity contribution is 0.838. The van der Waals surface area contributed by atoms with Crippen LogP contribution in [-0.2, 0) is 6.54 Å². The van der Waals surface area contributed by atoms with Crippen LogP contribution in [-0.4, -0.2) is 9.55 Å². The minimum absolute atomic E-state index is 0.571. The minimum atomic E-state index is 0.571. The van der Waals surface area contributed by atoms with Crippen molar-refractivity contribution in [3.05, 3.63) is 59.2 Å². The van der Waals surface area contributed by atoms with Gasteiger partial charge >= 0.3 is 0 Å². The van der Waals surface area contributed by atoms with Crippen molar-refractivity contribution in [2.24, 2.45) is 0 Å². The van der Waals surface area contributed by atoms with Crippen LogP contribution in [0, 0.1) is 13.8 Å². The number of anilines is 1. The highest BCUT2D eigenvalue weighted by Gasteiger charge is 2.08. The van der Waals surface area contributed by atoms with E-state index < -0.39 is 0 Å². The SMILES string of the molecule is Cc1ccc(Cn2c(N)nc3cc(C)ccc32)cc1. The summed E-state index contributed by atoms with van der Waals surface area (Å²) in [6.45, 7) is 4.91. The third-order valence-corrected chi connectivity index (χ3v) is 3.39. The van der Waals surface area contributed by atoms with Gasteiger partial charge in [0.25, 0.3) is 0 Å². The summed E-state index contributed by atoms with van der Waals surface area (Å²) < 4.78 is 2.06. The normalized spacial score (nSPS) is 11.1. The summed E-state index contributed by atoms with van der Waals surface area (Å²) in [7, 11) is 0. The average Bonchev–Trinajstić information content (AvgIpc) is 2.68. The van der Waals surface area contributed by atoms with Gasteiger partial charge in [-0.25, -0.2) is 4.98 Å². The molecule has 1 aromatic heterocycles. The molecule has 0 aliphatic heterocycles. The van der Waals surface area contributed by atoms with Gasteiger partial charge in [-0.2, -0.15) is 0 Å². The number of nitrogen functional groups attached to an aromatic ring is 1. The van der Waals surface area contributed by atoms with E-state index in [-0.39, 0.29) is 0 Å². The van der Waals surface area contributed by atoms with Crippen molar-refractivity contribution in [3.8, 4) is 0 Å². The lowest BCUT2D eigenvalue weighted by Crippen LogP contribution is -2.04. The van der Waals surface area contributed by atoms with Gasteiger partial charge in [-0.05, 0) is 37.1 Å². The first-order chi connectivity index (χ1) is 9.13. The van der Waals surface area contributed by atoms with Crippen LogP contribution in [0.5, 0.6) is 0 Å². The van der Waals surface area contributed by atoms with Crippen LogP contribution in [0.4, 0.5) is 5.95 Å². The number of benzene rings is 2. The molecule has 0 amide bonds. The number of aryl methyl sites for hydroxylation is 2. The van der Waals surface area contributed by atoms with E-state index in [4.69, 9.17) is 5.73 Å². The number of aromatic nitrogens is 2. The Labute approximate surface area is 112 Å². The Balaban J connectivity index is 2.05. The van der Waals surface area contributed by atoms with Crippen molar-refractivity contribution < 1.29 is 0 Å². The van der Waals surface area contributed by atoms with E-state index in [1.54, 1.807) is 0 Å². The molecule has 3 rings (SSSR count). The van der Waals surface area contributed by atoms with Gasteiger partial charge in [-0.1, -0.05) is 35.9 Å². The molecule has 0 atom stereocenters. The van der Waals surface area contributed by atoms with E-state index in [2.05, 4.69) is 65.9 Å². The van der Waals surface area contributed by atoms with Gasteiger partial charge in [0.1, 0.15) is 0 Å². The standard InChI is InChI=1S/C16H17N3/c1-11-3-6-13(7-4-11)10-19-15-8-5-12(2)9-14(15)18-16(19)17/h3-9H,10H2,1-2H3,(H2,17,18). The molecule has 2 N–H and O–H groups in total. The van der Waals surface area contributed by atoms with E-state index in [1.165, 1.54) is 16.7 Å². The Bertz CT molecular complexity index is 724. The summed E-state index contributed by atoms with van der Waals surface area (Å²) in [4.78, 5) is 4.43. The molecule has 3 heteroatoms. The number of hydrogen-bond acceptors (Lipinski definition) is 2. The molecule has 0 spiro atoms. The Kier molecular flexibility index (Phi) is 2.75. The van der Waals surface area contributed by atoms with E-state index in [9.17, 15) is 0 Å². The second-order valence-electron chi connectivity index (χ2n) is 5.03. The van der Waals surface area contributed by atoms with Crippen molar-refractivity contribution in [1.82, 2.24) is 9.55 Å². The molecule has 3 aromatic rings. The number of nitrogens with zero attached hydrogens (tertiary/aromatic N) is 2. The zero-order valence-corrected chi connectivity index (χ0v) is 11.2. The molecule has 0 bridgehead atoms. The summed E-state index contributed by atoms with van der Waals surface area (Å²) in [6.07, 6.45) is 0. The van der Waals surface area contributed by atoms with Gasteiger partial charge in [0.15, 0.2) is 0 Å². The van der Waals surface area contributed by atoms with Crippen LogP contribution >= 0.6 is 0 Å². The molecule has 0 saturated heterocycles. The lowest BCUT2D eigenvalue weighted by Gasteiger charge is -2.07. The van der Waals surface area contributed by atoms with Crippen molar-refractivity contribution in [1.29, 1.82) is 0 Å². The third kappa shape index (κ3) is 2.19. The molecule has 0 unspecified atom stereocenters. The van der Waals surface area contributed by atoms with Gasteiger partial charge in [-0.15, -0.1) is 0 Å². The van der Waals surface area contributed by atoms with Crippen LogP contribution in [0.15, 0.2) is 42.5 Å². The molecule has 1 heterocycles. The fraction of sp³-hybridized carbons (Fsp3) is 0.188. The lowest BCUT2D eigenvalue weighted by atomic mass is 10.1. The number of rotatable bonds is 2. The first-order valence-corrected chi connectivity index (χ1v) is 6.41. The summed E-state index contributed by atoms with van der Waals surface area (Å²) in [5.41, 5.74) is 11.8. The van der Waals surface area contributed by atoms with Crippen LogP contribution in [0.3, 0.4) is 0 Å². The predicted octanol–water partition coefficient (Wildman–Crippen LogP) is 3.28. The summed E-state index contributed by atoms with van der Waals surface area (Å²) in [5.74, 6) is 0.571. The second-order valence-corrected chi connectivity index (χ2v) is 5.03. The Hall–Kier alpha value is -2.29. The summed E-state index contributed by atoms with van der Waals surface area (Å²) in [5, 5.41) is 0. The molecule has 0 saturated carbocycles. The molecule has 96 valence electrons. The van der Waals surface area contributed by atoms with Crippen molar-refractivity contribution >= 4 is 17.0 Å². The average molecular weight is 251 g/mol. The largest absolute Gasteiger partial charge is 0.369 e. The van der Waals surface area contributed by atoms with Gasteiger partial charge in [0.05, 0.1) is 17.6 Å². The molecule has 2 aromatic carbocycles. The van der Waals surface area contributed by atoms with E-state index >= 15 is 0 Å². The summed E-state index contributed by atoms with van der Waals surface area (Å²) in [6, 6.07) is 14.8. The number of imidazole rings is 1. The van der Waals surface area contributed by atoms with E-state index in [0.29, 0.717) is 5.95 Å². The van der Waals surface area contributed by atoms with Crippen LogP contribution in [0.25, 0.3) is 11.0 Å². The molecule has 0 aliphatic carbocycles. The molecule has 3 nitrogen and oxygen atoms in total. The Morgan fingerprint density at radius 1 is 1.00 bits per heavy atom. The van der Waals surface area contributed by atoms with Crippen LogP contribution in [0.1, 0.15) is 16.7 Å². The molecular weight excluding hydrogens is 234 g/mol. The zero-order valence-electron chi connectivity index (χ0n) is 11.2. The van der Waals surface area contributed by atoms with Gasteiger partial charge in [0, 0.05) is 0 Å². The molecule has 0 fully saturated rings. The van der Waals surface area contributed by atoms with E-state index in [0.717, 1.165) is 17.6 Å². The minimum Gasteiger partial charge on any atom is -0.369 e. The van der Waals surface area contributed by atoms with Gasteiger partial charge in [0.2, 0.25) is 5.95 Å². The van der Waals surface area contributed by atoms with Crippen molar-refractivity contribution in [2.45, 2.75) is 20.4 Å². The summed E-state index contributed by atoms with van der Waals surface area (Å²) >= 11 is 0. The van der Waals surface area contributed by atoms with E-state index in [1.807, 2.05) is 0 Å².